The standard InChI is InChI=1S/C24H18ClF3O4/c25-16-8-6-15(7-9-16)23-19(14-4-2-1-3-5-14)13-21(29)22(23,30)18-11-10-17(12-20(18)32-23)31-24(26,27)28/h1-12,19,21,29-30H,13H2/t19-,21-,22-,23-/m0/s1. The maximum atomic E-state index is 12.8. The molecule has 0 saturated heterocycles. The SMILES string of the molecule is O[C@H]1C[C@@H](c2ccccc2)[C@]2(c3ccc(Cl)cc3)Oc3cc(OC(F)(F)F)ccc3[C@]12O. The molecule has 0 bridgehead atoms. The summed E-state index contributed by atoms with van der Waals surface area (Å²) in [4.78, 5) is 0. The molecule has 1 fully saturated rings. The molecule has 2 N–H and O–H groups in total. The van der Waals surface area contributed by atoms with Gasteiger partial charge in [0.2, 0.25) is 0 Å². The van der Waals surface area contributed by atoms with Crippen molar-refractivity contribution in [1.29, 1.82) is 0 Å². The smallest absolute Gasteiger partial charge is 0.478 e. The highest BCUT2D eigenvalue weighted by Crippen LogP contribution is 2.66. The number of aliphatic hydroxyl groups is 2. The third kappa shape index (κ3) is 2.99. The first-order valence-corrected chi connectivity index (χ1v) is 10.3. The first-order chi connectivity index (χ1) is 15.1. The van der Waals surface area contributed by atoms with Crippen molar-refractivity contribution in [2.45, 2.75) is 36.0 Å². The number of hydrogen-bond acceptors (Lipinski definition) is 4. The van der Waals surface area contributed by atoms with Gasteiger partial charge in [0.05, 0.1) is 6.10 Å². The van der Waals surface area contributed by atoms with Crippen molar-refractivity contribution in [1.82, 2.24) is 0 Å². The highest BCUT2D eigenvalue weighted by atomic mass is 35.5. The molecule has 3 aromatic rings. The second-order valence-electron chi connectivity index (χ2n) is 8.03. The van der Waals surface area contributed by atoms with Crippen molar-refractivity contribution in [2.24, 2.45) is 0 Å². The maximum Gasteiger partial charge on any atom is 0.573 e. The summed E-state index contributed by atoms with van der Waals surface area (Å²) in [6.45, 7) is 0. The molecule has 1 aliphatic carbocycles. The second-order valence-corrected chi connectivity index (χ2v) is 8.47. The van der Waals surface area contributed by atoms with Crippen LogP contribution in [0.15, 0.2) is 72.8 Å². The number of ether oxygens (including phenoxy) is 2. The first kappa shape index (κ1) is 21.1. The molecule has 4 nitrogen and oxygen atoms in total. The van der Waals surface area contributed by atoms with Gasteiger partial charge in [-0.3, -0.25) is 0 Å². The Morgan fingerprint density at radius 3 is 2.34 bits per heavy atom. The lowest BCUT2D eigenvalue weighted by molar-refractivity contribution is -0.274. The summed E-state index contributed by atoms with van der Waals surface area (Å²) < 4.78 is 48.6. The van der Waals surface area contributed by atoms with Crippen LogP contribution in [0.25, 0.3) is 0 Å². The number of rotatable bonds is 3. The Hall–Kier alpha value is -2.74. The molecule has 1 aliphatic heterocycles. The van der Waals surface area contributed by atoms with Crippen molar-refractivity contribution in [3.63, 3.8) is 0 Å². The van der Waals surface area contributed by atoms with Crippen molar-refractivity contribution < 1.29 is 32.9 Å². The number of aliphatic hydroxyl groups excluding tert-OH is 1. The fraction of sp³-hybridized carbons (Fsp3) is 0.250. The van der Waals surface area contributed by atoms with E-state index in [0.717, 1.165) is 17.7 Å². The predicted molar refractivity (Wildman–Crippen MR) is 111 cm³/mol. The molecule has 32 heavy (non-hydrogen) atoms. The molecule has 4 atom stereocenters. The van der Waals surface area contributed by atoms with Crippen LogP contribution in [0, 0.1) is 0 Å². The van der Waals surface area contributed by atoms with E-state index >= 15 is 0 Å². The van der Waals surface area contributed by atoms with Crippen LogP contribution in [0.3, 0.4) is 0 Å². The van der Waals surface area contributed by atoms with Crippen LogP contribution in [-0.2, 0) is 11.2 Å². The van der Waals surface area contributed by atoms with Crippen LogP contribution in [0.2, 0.25) is 5.02 Å². The lowest BCUT2D eigenvalue weighted by atomic mass is 9.71. The Kier molecular flexibility index (Phi) is 4.71. The zero-order chi connectivity index (χ0) is 22.7. The van der Waals surface area contributed by atoms with Crippen LogP contribution in [0.4, 0.5) is 13.2 Å². The van der Waals surface area contributed by atoms with Gasteiger partial charge in [-0.1, -0.05) is 54.1 Å². The van der Waals surface area contributed by atoms with Crippen LogP contribution in [0.1, 0.15) is 29.0 Å². The summed E-state index contributed by atoms with van der Waals surface area (Å²) in [5.41, 5.74) is -1.83. The number of hydrogen-bond donors (Lipinski definition) is 2. The molecule has 2 aliphatic rings. The predicted octanol–water partition coefficient (Wildman–Crippen LogP) is 5.26. The number of fused-ring (bicyclic) bond motifs is 3. The summed E-state index contributed by atoms with van der Waals surface area (Å²) in [6.07, 6.45) is -5.93. The quantitative estimate of drug-likeness (QED) is 0.557. The van der Waals surface area contributed by atoms with Crippen molar-refractivity contribution in [2.75, 3.05) is 0 Å². The van der Waals surface area contributed by atoms with Gasteiger partial charge in [0.1, 0.15) is 11.5 Å². The van der Waals surface area contributed by atoms with Crippen LogP contribution in [-0.4, -0.2) is 22.7 Å². The van der Waals surface area contributed by atoms with Gasteiger partial charge in [0.15, 0.2) is 11.2 Å². The fourth-order valence-electron chi connectivity index (χ4n) is 5.11. The molecule has 3 aromatic carbocycles. The Morgan fingerprint density at radius 1 is 1.00 bits per heavy atom. The average Bonchev–Trinajstić information content (AvgIpc) is 3.13. The van der Waals surface area contributed by atoms with E-state index in [1.807, 2.05) is 30.3 Å². The average molecular weight is 463 g/mol. The third-order valence-electron chi connectivity index (χ3n) is 6.34. The van der Waals surface area contributed by atoms with Gasteiger partial charge >= 0.3 is 6.36 Å². The molecular formula is C24H18ClF3O4. The molecule has 0 radical (unpaired) electrons. The minimum Gasteiger partial charge on any atom is -0.478 e. The van der Waals surface area contributed by atoms with Gasteiger partial charge in [-0.25, -0.2) is 0 Å². The van der Waals surface area contributed by atoms with E-state index in [0.29, 0.717) is 10.6 Å². The van der Waals surface area contributed by atoms with E-state index in [1.165, 1.54) is 6.07 Å². The van der Waals surface area contributed by atoms with Crippen molar-refractivity contribution >= 4 is 11.6 Å². The minimum atomic E-state index is -4.88. The first-order valence-electron chi connectivity index (χ1n) is 9.96. The summed E-state index contributed by atoms with van der Waals surface area (Å²) in [5, 5.41) is 23.6. The zero-order valence-corrected chi connectivity index (χ0v) is 17.3. The minimum absolute atomic E-state index is 0.0175. The highest BCUT2D eigenvalue weighted by Gasteiger charge is 2.72. The molecule has 166 valence electrons. The van der Waals surface area contributed by atoms with Crippen LogP contribution < -0.4 is 9.47 Å². The Labute approximate surface area is 186 Å². The number of benzene rings is 3. The maximum absolute atomic E-state index is 12.8. The van der Waals surface area contributed by atoms with Gasteiger partial charge < -0.3 is 19.7 Å². The zero-order valence-electron chi connectivity index (χ0n) is 16.5. The fourth-order valence-corrected chi connectivity index (χ4v) is 5.23. The van der Waals surface area contributed by atoms with Gasteiger partial charge in [0.25, 0.3) is 0 Å². The molecule has 8 heteroatoms. The summed E-state index contributed by atoms with van der Waals surface area (Å²) in [7, 11) is 0. The third-order valence-corrected chi connectivity index (χ3v) is 6.59. The Balaban J connectivity index is 1.72. The van der Waals surface area contributed by atoms with Gasteiger partial charge in [0, 0.05) is 22.6 Å². The lowest BCUT2D eigenvalue weighted by Gasteiger charge is -2.40. The van der Waals surface area contributed by atoms with Crippen LogP contribution >= 0.6 is 11.6 Å². The monoisotopic (exact) mass is 462 g/mol. The molecule has 5 rings (SSSR count). The molecule has 0 spiro atoms. The molecule has 0 unspecified atom stereocenters. The van der Waals surface area contributed by atoms with Crippen molar-refractivity contribution in [3.05, 3.63) is 94.5 Å². The second kappa shape index (κ2) is 7.13. The van der Waals surface area contributed by atoms with E-state index in [2.05, 4.69) is 4.74 Å². The van der Waals surface area contributed by atoms with Crippen LogP contribution in [0.5, 0.6) is 11.5 Å². The summed E-state index contributed by atoms with van der Waals surface area (Å²) >= 11 is 6.07. The Bertz CT molecular complexity index is 1150. The van der Waals surface area contributed by atoms with E-state index in [9.17, 15) is 23.4 Å². The van der Waals surface area contributed by atoms with E-state index < -0.39 is 35.3 Å². The molecule has 0 amide bonds. The largest absolute Gasteiger partial charge is 0.573 e. The normalized spacial score (nSPS) is 28.7. The summed E-state index contributed by atoms with van der Waals surface area (Å²) in [5.74, 6) is -0.954. The van der Waals surface area contributed by atoms with Gasteiger partial charge in [-0.05, 0) is 41.8 Å². The lowest BCUT2D eigenvalue weighted by Crippen LogP contribution is -2.51. The molecule has 0 aromatic heterocycles. The topological polar surface area (TPSA) is 58.9 Å². The van der Waals surface area contributed by atoms with Crippen molar-refractivity contribution in [3.8, 4) is 11.5 Å². The van der Waals surface area contributed by atoms with E-state index in [1.54, 1.807) is 24.3 Å². The van der Waals surface area contributed by atoms with E-state index in [-0.39, 0.29) is 17.7 Å². The van der Waals surface area contributed by atoms with E-state index in [4.69, 9.17) is 16.3 Å². The molecule has 1 saturated carbocycles. The Morgan fingerprint density at radius 2 is 1.69 bits per heavy atom. The number of halogens is 4. The van der Waals surface area contributed by atoms with Gasteiger partial charge in [-0.15, -0.1) is 13.2 Å². The molecule has 1 heterocycles. The summed E-state index contributed by atoms with van der Waals surface area (Å²) in [6, 6.07) is 19.4. The molecular weight excluding hydrogens is 445 g/mol. The number of alkyl halides is 3. The van der Waals surface area contributed by atoms with Gasteiger partial charge in [-0.2, -0.15) is 0 Å². The highest BCUT2D eigenvalue weighted by molar-refractivity contribution is 6.30.